The van der Waals surface area contributed by atoms with Gasteiger partial charge in [0.05, 0.1) is 11.0 Å². The summed E-state index contributed by atoms with van der Waals surface area (Å²) in [5.41, 5.74) is -0.470. The Hall–Kier alpha value is -1.62. The molecule has 2 unspecified atom stereocenters. The molecular weight excluding hydrogens is 364 g/mol. The number of anilines is 1. The van der Waals surface area contributed by atoms with E-state index in [1.54, 1.807) is 0 Å². The van der Waals surface area contributed by atoms with Crippen LogP contribution in [-0.4, -0.2) is 53.7 Å². The molecule has 0 radical (unpaired) electrons. The van der Waals surface area contributed by atoms with Gasteiger partial charge in [0.1, 0.15) is 5.69 Å². The summed E-state index contributed by atoms with van der Waals surface area (Å²) in [5, 5.41) is 2.61. The van der Waals surface area contributed by atoms with Crippen LogP contribution < -0.4 is 5.32 Å². The van der Waals surface area contributed by atoms with E-state index in [0.717, 1.165) is 16.7 Å². The lowest BCUT2D eigenvalue weighted by Gasteiger charge is -2.36. The molecule has 0 bridgehead atoms. The highest BCUT2D eigenvalue weighted by Crippen LogP contribution is 2.33. The van der Waals surface area contributed by atoms with Crippen LogP contribution in [0.3, 0.4) is 0 Å². The average Bonchev–Trinajstić information content (AvgIpc) is 3.16. The quantitative estimate of drug-likeness (QED) is 0.779. The van der Waals surface area contributed by atoms with Gasteiger partial charge in [0.25, 0.3) is 6.43 Å². The summed E-state index contributed by atoms with van der Waals surface area (Å²) in [6.07, 6.45) is -1.04. The molecule has 3 rings (SSSR count). The lowest BCUT2D eigenvalue weighted by atomic mass is 10.2. The zero-order valence-corrected chi connectivity index (χ0v) is 14.1. The van der Waals surface area contributed by atoms with Crippen molar-refractivity contribution in [2.75, 3.05) is 17.6 Å². The number of halogens is 2. The summed E-state index contributed by atoms with van der Waals surface area (Å²) in [4.78, 5) is 29.2. The second-order valence-corrected chi connectivity index (χ2v) is 8.93. The summed E-state index contributed by atoms with van der Waals surface area (Å²) in [6.45, 7) is -0.0318. The number of sulfone groups is 1. The van der Waals surface area contributed by atoms with Crippen molar-refractivity contribution in [3.63, 3.8) is 0 Å². The number of alkyl halides is 2. The van der Waals surface area contributed by atoms with Crippen molar-refractivity contribution < 1.29 is 26.8 Å². The molecule has 2 atom stereocenters. The van der Waals surface area contributed by atoms with E-state index in [9.17, 15) is 26.8 Å². The number of hydrogen-bond acceptors (Lipinski definition) is 6. The largest absolute Gasteiger partial charge is 0.329 e. The Labute approximate surface area is 141 Å². The molecule has 2 fully saturated rings. The van der Waals surface area contributed by atoms with E-state index in [-0.39, 0.29) is 17.4 Å². The number of amides is 2. The van der Waals surface area contributed by atoms with Crippen LogP contribution in [0, 0.1) is 0 Å². The molecule has 1 N–H and O–H groups in total. The summed E-state index contributed by atoms with van der Waals surface area (Å²) < 4.78 is 49.1. The lowest BCUT2D eigenvalue weighted by molar-refractivity contribution is -0.144. The molecule has 2 amide bonds. The molecule has 7 nitrogen and oxygen atoms in total. The Bertz CT molecular complexity index is 765. The Balaban J connectivity index is 1.70. The molecule has 11 heteroatoms. The van der Waals surface area contributed by atoms with Crippen LogP contribution >= 0.6 is 11.3 Å². The minimum Gasteiger partial charge on any atom is -0.329 e. The van der Waals surface area contributed by atoms with Crippen LogP contribution in [-0.2, 0) is 19.4 Å². The predicted octanol–water partition coefficient (Wildman–Crippen LogP) is 1.20. The fourth-order valence-corrected chi connectivity index (χ4v) is 5.94. The molecule has 1 aliphatic heterocycles. The molecule has 1 aromatic heterocycles. The van der Waals surface area contributed by atoms with Crippen molar-refractivity contribution >= 4 is 38.1 Å². The van der Waals surface area contributed by atoms with Gasteiger partial charge in [0.2, 0.25) is 0 Å². The molecule has 0 aromatic carbocycles. The predicted molar refractivity (Wildman–Crippen MR) is 82.6 cm³/mol. The molecule has 132 valence electrons. The Kier molecular flexibility index (Phi) is 4.56. The van der Waals surface area contributed by atoms with Gasteiger partial charge in [-0.05, 0) is 19.3 Å². The van der Waals surface area contributed by atoms with Crippen LogP contribution in [0.15, 0.2) is 5.38 Å². The molecule has 1 saturated heterocycles. The minimum absolute atomic E-state index is 0.0318. The molecule has 0 spiro atoms. The first-order valence-corrected chi connectivity index (χ1v) is 9.96. The zero-order chi connectivity index (χ0) is 17.5. The van der Waals surface area contributed by atoms with E-state index in [2.05, 4.69) is 10.3 Å². The van der Waals surface area contributed by atoms with Crippen molar-refractivity contribution in [1.82, 2.24) is 9.88 Å². The number of carbonyl (C=O) groups excluding carboxylic acids is 2. The van der Waals surface area contributed by atoms with Crippen molar-refractivity contribution in [3.8, 4) is 0 Å². The number of fused-ring (bicyclic) bond motifs is 1. The Morgan fingerprint density at radius 3 is 2.79 bits per heavy atom. The highest BCUT2D eigenvalue weighted by molar-refractivity contribution is 7.92. The third-order valence-corrected chi connectivity index (χ3v) is 7.32. The molecule has 1 aromatic rings. The van der Waals surface area contributed by atoms with E-state index in [1.807, 2.05) is 0 Å². The lowest BCUT2D eigenvalue weighted by Crippen LogP contribution is -2.56. The molecular formula is C13H15F2N3O4S2. The normalized spacial score (nSPS) is 25.5. The van der Waals surface area contributed by atoms with Crippen molar-refractivity contribution in [3.05, 3.63) is 11.1 Å². The third kappa shape index (κ3) is 3.14. The number of nitrogens with zero attached hydrogens (tertiary/aromatic N) is 2. The maximum Gasteiger partial charge on any atom is 0.315 e. The van der Waals surface area contributed by atoms with Gasteiger partial charge in [-0.25, -0.2) is 22.2 Å². The number of nitrogens with one attached hydrogen (secondary N) is 1. The first-order chi connectivity index (χ1) is 11.3. The molecule has 2 heterocycles. The first kappa shape index (κ1) is 17.2. The SMILES string of the molecule is O=C(Nc1nc(C(F)F)cs1)C(=O)N1CCS(=O)(=O)C2CCCC21. The second kappa shape index (κ2) is 6.36. The van der Waals surface area contributed by atoms with Gasteiger partial charge in [-0.2, -0.15) is 0 Å². The summed E-state index contributed by atoms with van der Waals surface area (Å²) in [7, 11) is -3.24. The summed E-state index contributed by atoms with van der Waals surface area (Å²) in [6, 6.07) is -0.491. The second-order valence-electron chi connectivity index (χ2n) is 5.73. The Morgan fingerprint density at radius 2 is 2.12 bits per heavy atom. The Morgan fingerprint density at radius 1 is 1.38 bits per heavy atom. The molecule has 1 saturated carbocycles. The van der Waals surface area contributed by atoms with Crippen LogP contribution in [0.1, 0.15) is 31.4 Å². The standard InChI is InChI=1S/C13H15F2N3O4S2/c14-10(15)7-6-23-13(16-7)17-11(19)12(20)18-4-5-24(21,22)9-3-1-2-8(9)18/h6,8-10H,1-5H2,(H,16,17,19). The van der Waals surface area contributed by atoms with Crippen molar-refractivity contribution in [1.29, 1.82) is 0 Å². The molecule has 2 aliphatic rings. The summed E-state index contributed by atoms with van der Waals surface area (Å²) in [5.74, 6) is -2.01. The fraction of sp³-hybridized carbons (Fsp3) is 0.615. The number of rotatable bonds is 2. The number of aromatic nitrogens is 1. The van der Waals surface area contributed by atoms with Gasteiger partial charge in [0.15, 0.2) is 15.0 Å². The number of hydrogen-bond donors (Lipinski definition) is 1. The molecule has 1 aliphatic carbocycles. The fourth-order valence-electron chi connectivity index (χ4n) is 3.20. The number of carbonyl (C=O) groups is 2. The van der Waals surface area contributed by atoms with Gasteiger partial charge in [-0.3, -0.25) is 14.9 Å². The third-order valence-electron chi connectivity index (χ3n) is 4.32. The topological polar surface area (TPSA) is 96.4 Å². The first-order valence-electron chi connectivity index (χ1n) is 7.36. The highest BCUT2D eigenvalue weighted by Gasteiger charge is 2.47. The number of thiazole rings is 1. The van der Waals surface area contributed by atoms with Crippen LogP contribution in [0.5, 0.6) is 0 Å². The minimum atomic E-state index is -3.24. The smallest absolute Gasteiger partial charge is 0.315 e. The van der Waals surface area contributed by atoms with E-state index in [4.69, 9.17) is 0 Å². The van der Waals surface area contributed by atoms with Gasteiger partial charge < -0.3 is 4.90 Å². The van der Waals surface area contributed by atoms with E-state index >= 15 is 0 Å². The van der Waals surface area contributed by atoms with Gasteiger partial charge in [-0.1, -0.05) is 0 Å². The average molecular weight is 379 g/mol. The van der Waals surface area contributed by atoms with Crippen molar-refractivity contribution in [2.24, 2.45) is 0 Å². The maximum absolute atomic E-state index is 12.5. The van der Waals surface area contributed by atoms with E-state index in [1.165, 1.54) is 4.90 Å². The van der Waals surface area contributed by atoms with E-state index < -0.39 is 45.1 Å². The maximum atomic E-state index is 12.5. The van der Waals surface area contributed by atoms with Crippen molar-refractivity contribution in [2.45, 2.75) is 37.0 Å². The van der Waals surface area contributed by atoms with Crippen LogP contribution in [0.2, 0.25) is 0 Å². The van der Waals surface area contributed by atoms with Gasteiger partial charge in [0, 0.05) is 18.0 Å². The van der Waals surface area contributed by atoms with Crippen LogP contribution in [0.25, 0.3) is 0 Å². The highest BCUT2D eigenvalue weighted by atomic mass is 32.2. The molecule has 24 heavy (non-hydrogen) atoms. The monoisotopic (exact) mass is 379 g/mol. The summed E-state index contributed by atoms with van der Waals surface area (Å²) >= 11 is 0.800. The van der Waals surface area contributed by atoms with Gasteiger partial charge >= 0.3 is 11.8 Å². The van der Waals surface area contributed by atoms with Crippen LogP contribution in [0.4, 0.5) is 13.9 Å². The zero-order valence-electron chi connectivity index (χ0n) is 12.4. The van der Waals surface area contributed by atoms with Gasteiger partial charge in [-0.15, -0.1) is 11.3 Å². The van der Waals surface area contributed by atoms with E-state index in [0.29, 0.717) is 19.3 Å².